The van der Waals surface area contributed by atoms with Crippen molar-refractivity contribution in [2.75, 3.05) is 11.9 Å². The lowest BCUT2D eigenvalue weighted by Gasteiger charge is -2.19. The summed E-state index contributed by atoms with van der Waals surface area (Å²) >= 11 is 0. The first-order chi connectivity index (χ1) is 13.1. The van der Waals surface area contributed by atoms with E-state index in [2.05, 4.69) is 10.6 Å². The van der Waals surface area contributed by atoms with Crippen molar-refractivity contribution in [1.29, 1.82) is 0 Å². The molecule has 1 unspecified atom stereocenters. The molecule has 1 aromatic heterocycles. The van der Waals surface area contributed by atoms with E-state index in [1.165, 1.54) is 0 Å². The average Bonchev–Trinajstić information content (AvgIpc) is 3.04. The van der Waals surface area contributed by atoms with Crippen LogP contribution in [0, 0.1) is 0 Å². The minimum Gasteiger partial charge on any atom is -0.464 e. The van der Waals surface area contributed by atoms with Gasteiger partial charge in [0.1, 0.15) is 5.58 Å². The first-order valence-corrected chi connectivity index (χ1v) is 9.43. The number of imide groups is 1. The molecule has 1 atom stereocenters. The van der Waals surface area contributed by atoms with Gasteiger partial charge in [0.25, 0.3) is 0 Å². The molecular formula is C20H25N3O4. The number of fused-ring (bicyclic) bond motifs is 1. The van der Waals surface area contributed by atoms with E-state index in [1.54, 1.807) is 18.4 Å². The number of nitrogens with two attached hydrogens (primary N) is 1. The fourth-order valence-corrected chi connectivity index (χ4v) is 3.39. The summed E-state index contributed by atoms with van der Waals surface area (Å²) in [6.07, 6.45) is 6.71. The Balaban J connectivity index is 1.62. The Kier molecular flexibility index (Phi) is 6.24. The summed E-state index contributed by atoms with van der Waals surface area (Å²) in [5, 5.41) is 6.07. The second kappa shape index (κ2) is 8.81. The predicted molar refractivity (Wildman–Crippen MR) is 102 cm³/mol. The number of furan rings is 1. The maximum Gasteiger partial charge on any atom is 0.234 e. The molecule has 1 aliphatic heterocycles. The summed E-state index contributed by atoms with van der Waals surface area (Å²) in [6, 6.07) is 5.41. The van der Waals surface area contributed by atoms with Crippen LogP contribution in [0.3, 0.4) is 0 Å². The minimum atomic E-state index is -0.391. The van der Waals surface area contributed by atoms with Crippen molar-refractivity contribution in [3.05, 3.63) is 30.0 Å². The second-order valence-electron chi connectivity index (χ2n) is 6.91. The molecule has 7 heteroatoms. The van der Waals surface area contributed by atoms with Crippen LogP contribution in [0.2, 0.25) is 0 Å². The molecule has 27 heavy (non-hydrogen) atoms. The fraction of sp³-hybridized carbons (Fsp3) is 0.450. The third kappa shape index (κ3) is 4.74. The molecule has 4 N–H and O–H groups in total. The quantitative estimate of drug-likeness (QED) is 0.488. The molecule has 3 amide bonds. The van der Waals surface area contributed by atoms with Gasteiger partial charge in [-0.3, -0.25) is 19.7 Å². The smallest absolute Gasteiger partial charge is 0.234 e. The van der Waals surface area contributed by atoms with Crippen LogP contribution in [0.4, 0.5) is 5.69 Å². The molecule has 1 aromatic carbocycles. The summed E-state index contributed by atoms with van der Waals surface area (Å²) in [5.74, 6) is -0.949. The van der Waals surface area contributed by atoms with Gasteiger partial charge >= 0.3 is 0 Å². The van der Waals surface area contributed by atoms with E-state index in [0.29, 0.717) is 37.1 Å². The number of amides is 3. The lowest BCUT2D eigenvalue weighted by Crippen LogP contribution is -2.39. The molecule has 144 valence electrons. The Hall–Kier alpha value is -2.67. The number of nitrogens with one attached hydrogen (secondary N) is 2. The van der Waals surface area contributed by atoms with Crippen LogP contribution in [0.5, 0.6) is 0 Å². The van der Waals surface area contributed by atoms with Gasteiger partial charge in [0.2, 0.25) is 17.7 Å². The van der Waals surface area contributed by atoms with E-state index in [-0.39, 0.29) is 17.7 Å². The Morgan fingerprint density at radius 3 is 2.81 bits per heavy atom. The number of hydrogen-bond acceptors (Lipinski definition) is 5. The molecule has 7 nitrogen and oxygen atoms in total. The maximum atomic E-state index is 12.1. The molecule has 3 rings (SSSR count). The standard InChI is InChI=1S/C20H25N3O4/c21-10-4-2-1-3-5-18(24)22-13-6-7-14-16(12-27-17(14)11-13)15-8-9-19(25)23-20(15)26/h6-7,11-12,15H,1-5,8-10,21H2,(H,22,24)(H,23,25,26). The molecule has 1 saturated heterocycles. The Bertz CT molecular complexity index is 843. The number of carbonyl (C=O) groups is 3. The van der Waals surface area contributed by atoms with Crippen molar-refractivity contribution in [2.45, 2.75) is 50.9 Å². The molecule has 0 saturated carbocycles. The SMILES string of the molecule is NCCCCCCC(=O)Nc1ccc2c(C3CCC(=O)NC3=O)coc2c1. The summed E-state index contributed by atoms with van der Waals surface area (Å²) < 4.78 is 5.60. The van der Waals surface area contributed by atoms with Crippen molar-refractivity contribution in [2.24, 2.45) is 5.73 Å². The first-order valence-electron chi connectivity index (χ1n) is 9.43. The van der Waals surface area contributed by atoms with E-state index >= 15 is 0 Å². The molecule has 1 aliphatic rings. The topological polar surface area (TPSA) is 114 Å². The Morgan fingerprint density at radius 2 is 2.04 bits per heavy atom. The monoisotopic (exact) mass is 371 g/mol. The average molecular weight is 371 g/mol. The lowest BCUT2D eigenvalue weighted by molar-refractivity contribution is -0.134. The lowest BCUT2D eigenvalue weighted by atomic mass is 9.90. The Labute approximate surface area is 157 Å². The van der Waals surface area contributed by atoms with Gasteiger partial charge in [-0.1, -0.05) is 12.8 Å². The van der Waals surface area contributed by atoms with E-state index in [0.717, 1.165) is 36.6 Å². The molecule has 0 bridgehead atoms. The van der Waals surface area contributed by atoms with Crippen LogP contribution in [-0.4, -0.2) is 24.3 Å². The van der Waals surface area contributed by atoms with Gasteiger partial charge in [-0.2, -0.15) is 0 Å². The number of hydrogen-bond donors (Lipinski definition) is 3. The van der Waals surface area contributed by atoms with Crippen LogP contribution in [0.1, 0.15) is 56.4 Å². The minimum absolute atomic E-state index is 0.0287. The van der Waals surface area contributed by atoms with E-state index < -0.39 is 5.92 Å². The van der Waals surface area contributed by atoms with Crippen LogP contribution in [0.25, 0.3) is 11.0 Å². The third-order valence-corrected chi connectivity index (χ3v) is 4.86. The number of piperidine rings is 1. The number of unbranched alkanes of at least 4 members (excludes halogenated alkanes) is 3. The van der Waals surface area contributed by atoms with Gasteiger partial charge in [0.05, 0.1) is 12.2 Å². The summed E-state index contributed by atoms with van der Waals surface area (Å²) in [4.78, 5) is 35.5. The van der Waals surface area contributed by atoms with Crippen molar-refractivity contribution in [1.82, 2.24) is 5.32 Å². The number of anilines is 1. The summed E-state index contributed by atoms with van der Waals surface area (Å²) in [5.41, 5.74) is 7.50. The highest BCUT2D eigenvalue weighted by molar-refractivity contribution is 6.03. The van der Waals surface area contributed by atoms with Crippen molar-refractivity contribution >= 4 is 34.4 Å². The second-order valence-corrected chi connectivity index (χ2v) is 6.91. The molecule has 0 radical (unpaired) electrons. The summed E-state index contributed by atoms with van der Waals surface area (Å²) in [7, 11) is 0. The fourth-order valence-electron chi connectivity index (χ4n) is 3.39. The maximum absolute atomic E-state index is 12.1. The summed E-state index contributed by atoms with van der Waals surface area (Å²) in [6.45, 7) is 0.691. The normalized spacial score (nSPS) is 17.1. The number of rotatable bonds is 8. The van der Waals surface area contributed by atoms with Gasteiger partial charge in [-0.25, -0.2) is 0 Å². The molecule has 1 fully saturated rings. The van der Waals surface area contributed by atoms with E-state index in [9.17, 15) is 14.4 Å². The van der Waals surface area contributed by atoms with Crippen molar-refractivity contribution in [3.63, 3.8) is 0 Å². The van der Waals surface area contributed by atoms with E-state index in [1.807, 2.05) is 6.07 Å². The molecular weight excluding hydrogens is 346 g/mol. The number of carbonyl (C=O) groups excluding carboxylic acids is 3. The highest BCUT2D eigenvalue weighted by Gasteiger charge is 2.30. The van der Waals surface area contributed by atoms with Gasteiger partial charge in [0.15, 0.2) is 0 Å². The molecule has 0 aliphatic carbocycles. The van der Waals surface area contributed by atoms with Gasteiger partial charge < -0.3 is 15.5 Å². The van der Waals surface area contributed by atoms with Gasteiger partial charge in [-0.15, -0.1) is 0 Å². The van der Waals surface area contributed by atoms with Gasteiger partial charge in [0, 0.05) is 35.5 Å². The Morgan fingerprint density at radius 1 is 1.22 bits per heavy atom. The van der Waals surface area contributed by atoms with Crippen LogP contribution < -0.4 is 16.4 Å². The third-order valence-electron chi connectivity index (χ3n) is 4.86. The highest BCUT2D eigenvalue weighted by Crippen LogP contribution is 2.33. The van der Waals surface area contributed by atoms with Crippen molar-refractivity contribution < 1.29 is 18.8 Å². The van der Waals surface area contributed by atoms with Crippen LogP contribution in [0.15, 0.2) is 28.9 Å². The molecule has 2 heterocycles. The number of benzene rings is 1. The largest absolute Gasteiger partial charge is 0.464 e. The molecule has 2 aromatic rings. The zero-order chi connectivity index (χ0) is 19.2. The van der Waals surface area contributed by atoms with E-state index in [4.69, 9.17) is 10.2 Å². The molecule has 0 spiro atoms. The van der Waals surface area contributed by atoms with Gasteiger partial charge in [-0.05, 0) is 37.9 Å². The first kappa shape index (κ1) is 19.1. The van der Waals surface area contributed by atoms with Crippen LogP contribution >= 0.6 is 0 Å². The van der Waals surface area contributed by atoms with Crippen LogP contribution in [-0.2, 0) is 14.4 Å². The highest BCUT2D eigenvalue weighted by atomic mass is 16.3. The zero-order valence-electron chi connectivity index (χ0n) is 15.3. The zero-order valence-corrected chi connectivity index (χ0v) is 15.3. The van der Waals surface area contributed by atoms with Crippen molar-refractivity contribution in [3.8, 4) is 0 Å². The predicted octanol–water partition coefficient (Wildman–Crippen LogP) is 2.80.